The van der Waals surface area contributed by atoms with Crippen LogP contribution in [0.5, 0.6) is 0 Å². The monoisotopic (exact) mass is 516 g/mol. The Morgan fingerprint density at radius 1 is 0.500 bits per heavy atom. The average Bonchev–Trinajstić information content (AvgIpc) is 2.87. The number of alkyl halides is 6. The Balaban J connectivity index is 3.57. The highest BCUT2D eigenvalue weighted by Gasteiger charge is 2.42. The maximum Gasteiger partial charge on any atom is 0.417 e. The van der Waals surface area contributed by atoms with Crippen molar-refractivity contribution in [1.82, 2.24) is 0 Å². The summed E-state index contributed by atoms with van der Waals surface area (Å²) in [6, 6.07) is 10.5. The maximum atomic E-state index is 13.6. The fraction of sp³-hybridized carbons (Fsp3) is 0.0833. The molecule has 2 aromatic rings. The number of hydrogen-bond acceptors (Lipinski definition) is 8. The second-order valence-electron chi connectivity index (χ2n) is 6.84. The first-order valence-corrected chi connectivity index (χ1v) is 9.33. The summed E-state index contributed by atoms with van der Waals surface area (Å²) in [6.07, 6.45) is -11.1. The summed E-state index contributed by atoms with van der Waals surface area (Å²) >= 11 is 0. The van der Waals surface area contributed by atoms with Gasteiger partial charge < -0.3 is 0 Å². The molecule has 38 heavy (non-hydrogen) atoms. The van der Waals surface area contributed by atoms with Crippen molar-refractivity contribution in [2.45, 2.75) is 12.4 Å². The molecular formula is C24H2F6N8. The number of nitrogens with zero attached hydrogens (tertiary/aromatic N) is 8. The smallest absolute Gasteiger partial charge is 0.192 e. The fourth-order valence-corrected chi connectivity index (χ4v) is 3.45. The molecule has 0 aliphatic carbocycles. The lowest BCUT2D eigenvalue weighted by molar-refractivity contribution is -0.143. The van der Waals surface area contributed by atoms with Crippen molar-refractivity contribution in [3.8, 4) is 48.6 Å². The predicted molar refractivity (Wildman–Crippen MR) is 108 cm³/mol. The first kappa shape index (κ1) is 27.9. The summed E-state index contributed by atoms with van der Waals surface area (Å²) < 4.78 is 81.8. The number of benzene rings is 2. The molecule has 0 radical (unpaired) electrons. The topological polar surface area (TPSA) is 190 Å². The first-order chi connectivity index (χ1) is 17.8. The molecule has 0 spiro atoms. The zero-order valence-corrected chi connectivity index (χ0v) is 18.0. The molecule has 0 unspecified atom stereocenters. The summed E-state index contributed by atoms with van der Waals surface area (Å²) in [5, 5.41) is 74.2. The zero-order chi connectivity index (χ0) is 29.0. The van der Waals surface area contributed by atoms with Gasteiger partial charge in [-0.3, -0.25) is 0 Å². The first-order valence-electron chi connectivity index (χ1n) is 9.33. The van der Waals surface area contributed by atoms with Crippen LogP contribution in [0.15, 0.2) is 12.1 Å². The largest absolute Gasteiger partial charge is 0.417 e. The Labute approximate surface area is 208 Å². The van der Waals surface area contributed by atoms with Gasteiger partial charge in [-0.15, -0.1) is 0 Å². The van der Waals surface area contributed by atoms with E-state index in [4.69, 9.17) is 5.26 Å². The van der Waals surface area contributed by atoms with E-state index in [1.54, 1.807) is 0 Å². The zero-order valence-electron chi connectivity index (χ0n) is 18.0. The minimum atomic E-state index is -5.53. The van der Waals surface area contributed by atoms with Crippen molar-refractivity contribution in [3.63, 3.8) is 0 Å². The second kappa shape index (κ2) is 10.1. The van der Waals surface area contributed by atoms with Gasteiger partial charge in [0, 0.05) is 10.4 Å². The Hall–Kier alpha value is -6.32. The lowest BCUT2D eigenvalue weighted by Crippen LogP contribution is -2.30. The summed E-state index contributed by atoms with van der Waals surface area (Å²) in [5.74, 6) is 0. The van der Waals surface area contributed by atoms with Crippen LogP contribution in [0, 0.1) is 90.6 Å². The molecule has 0 aliphatic rings. The Kier molecular flexibility index (Phi) is 7.44. The highest BCUT2D eigenvalue weighted by atomic mass is 19.4. The van der Waals surface area contributed by atoms with Crippen molar-refractivity contribution in [3.05, 3.63) is 67.1 Å². The van der Waals surface area contributed by atoms with E-state index in [-0.39, 0.29) is 12.1 Å². The summed E-state index contributed by atoms with van der Waals surface area (Å²) in [4.78, 5) is 0. The minimum absolute atomic E-state index is 0.0166. The predicted octanol–water partition coefficient (Wildman–Crippen LogP) is 3.00. The molecule has 0 fully saturated rings. The van der Waals surface area contributed by atoms with Crippen LogP contribution >= 0.6 is 0 Å². The standard InChI is InChI=1S/C24H2F6N8/c25-23(26,27)19-1-11(2-20(18(19)10-38)24(28,29)30)13(5-33)22-16(8-36)14(6-34)21(12(3-31)4-32)15(7-35)17(22)9-37/h1-2H. The van der Waals surface area contributed by atoms with Gasteiger partial charge in [-0.1, -0.05) is 0 Å². The molecule has 180 valence electrons. The van der Waals surface area contributed by atoms with E-state index in [2.05, 4.69) is 0 Å². The van der Waals surface area contributed by atoms with Gasteiger partial charge in [-0.25, -0.2) is 0 Å². The van der Waals surface area contributed by atoms with Crippen molar-refractivity contribution < 1.29 is 26.3 Å². The number of halogens is 6. The third-order valence-corrected chi connectivity index (χ3v) is 4.93. The Morgan fingerprint density at radius 3 is 1.11 bits per heavy atom. The Morgan fingerprint density at radius 2 is 0.842 bits per heavy atom. The van der Waals surface area contributed by atoms with E-state index in [1.165, 1.54) is 42.5 Å². The van der Waals surface area contributed by atoms with Crippen LogP contribution in [-0.2, 0) is 12.4 Å². The molecule has 0 bridgehead atoms. The quantitative estimate of drug-likeness (QED) is 0.517. The van der Waals surface area contributed by atoms with Crippen LogP contribution < -0.4 is 10.4 Å². The van der Waals surface area contributed by atoms with Gasteiger partial charge in [0.05, 0.1) is 44.5 Å². The van der Waals surface area contributed by atoms with Gasteiger partial charge in [0.15, 0.2) is 0 Å². The summed E-state index contributed by atoms with van der Waals surface area (Å²) in [5.41, 5.74) is -12.9. The molecule has 14 heteroatoms. The van der Waals surface area contributed by atoms with Crippen LogP contribution in [0.25, 0.3) is 11.1 Å². The molecule has 2 aromatic carbocycles. The molecule has 0 aromatic heterocycles. The van der Waals surface area contributed by atoms with Crippen molar-refractivity contribution in [1.29, 1.82) is 42.1 Å². The molecule has 0 atom stereocenters. The third-order valence-electron chi connectivity index (χ3n) is 4.93. The number of nitriles is 8. The van der Waals surface area contributed by atoms with Gasteiger partial charge in [0.1, 0.15) is 54.1 Å². The molecule has 0 aliphatic heterocycles. The second-order valence-corrected chi connectivity index (χ2v) is 6.84. The Bertz CT molecular complexity index is 1770. The van der Waals surface area contributed by atoms with E-state index in [9.17, 15) is 63.2 Å². The molecular weight excluding hydrogens is 514 g/mol. The highest BCUT2D eigenvalue weighted by Crippen LogP contribution is 2.41. The molecule has 0 N–H and O–H groups in total. The number of hydrogen-bond donors (Lipinski definition) is 0. The van der Waals surface area contributed by atoms with Gasteiger partial charge in [0.25, 0.3) is 0 Å². The third kappa shape index (κ3) is 4.50. The fourth-order valence-electron chi connectivity index (χ4n) is 3.45. The van der Waals surface area contributed by atoms with E-state index < -0.39 is 78.4 Å². The van der Waals surface area contributed by atoms with E-state index in [1.807, 2.05) is 0 Å². The molecule has 0 saturated heterocycles. The van der Waals surface area contributed by atoms with E-state index >= 15 is 0 Å². The van der Waals surface area contributed by atoms with Crippen LogP contribution in [0.4, 0.5) is 26.3 Å². The van der Waals surface area contributed by atoms with Gasteiger partial charge in [-0.2, -0.15) is 68.4 Å². The van der Waals surface area contributed by atoms with Crippen molar-refractivity contribution in [2.24, 2.45) is 0 Å². The lowest BCUT2D eigenvalue weighted by atomic mass is 9.87. The molecule has 0 saturated carbocycles. The number of rotatable bonds is 1. The van der Waals surface area contributed by atoms with Crippen LogP contribution in [0.2, 0.25) is 0 Å². The minimum Gasteiger partial charge on any atom is -0.192 e. The average molecular weight is 516 g/mol. The molecule has 2 rings (SSSR count). The highest BCUT2D eigenvalue weighted by molar-refractivity contribution is 5.84. The maximum absolute atomic E-state index is 13.6. The normalized spacial score (nSPS) is 10.2. The van der Waals surface area contributed by atoms with E-state index in [0.29, 0.717) is 0 Å². The van der Waals surface area contributed by atoms with Crippen LogP contribution in [0.3, 0.4) is 0 Å². The van der Waals surface area contributed by atoms with Crippen molar-refractivity contribution >= 4 is 11.1 Å². The van der Waals surface area contributed by atoms with Crippen LogP contribution in [0.1, 0.15) is 44.5 Å². The van der Waals surface area contributed by atoms with E-state index in [0.717, 1.165) is 6.07 Å². The summed E-state index contributed by atoms with van der Waals surface area (Å²) in [7, 11) is 0. The molecule has 0 heterocycles. The van der Waals surface area contributed by atoms with Gasteiger partial charge in [-0.05, 0) is 17.7 Å². The molecule has 0 amide bonds. The SMILES string of the molecule is N#CC(C#N)=c1c(C#N)c(C#N)c(=C(C#N)c2cc(C(F)(F)F)c(C#N)c(C(F)(F)F)c2)c(C#N)c1C#N. The summed E-state index contributed by atoms with van der Waals surface area (Å²) in [6.45, 7) is 0. The lowest BCUT2D eigenvalue weighted by Gasteiger charge is -2.17. The van der Waals surface area contributed by atoms with Crippen molar-refractivity contribution in [2.75, 3.05) is 0 Å². The van der Waals surface area contributed by atoms with Gasteiger partial charge in [0.2, 0.25) is 0 Å². The molecule has 8 nitrogen and oxygen atoms in total. The van der Waals surface area contributed by atoms with Gasteiger partial charge >= 0.3 is 12.4 Å². The van der Waals surface area contributed by atoms with Crippen LogP contribution in [-0.4, -0.2) is 0 Å².